The van der Waals surface area contributed by atoms with Crippen molar-refractivity contribution in [1.82, 2.24) is 5.32 Å². The Morgan fingerprint density at radius 1 is 1.10 bits per heavy atom. The molecule has 2 heteroatoms. The highest BCUT2D eigenvalue weighted by atomic mass is 14.9. The van der Waals surface area contributed by atoms with Gasteiger partial charge in [0.2, 0.25) is 0 Å². The minimum absolute atomic E-state index is 0.596. The van der Waals surface area contributed by atoms with Crippen LogP contribution in [0.15, 0.2) is 24.3 Å². The SMILES string of the molecule is CCCCC(CC)CNCCC(C)c1ccc(N)cc1. The molecule has 0 radical (unpaired) electrons. The molecule has 1 aromatic rings. The molecule has 0 aliphatic rings. The maximum Gasteiger partial charge on any atom is 0.0314 e. The molecule has 2 unspecified atom stereocenters. The van der Waals surface area contributed by atoms with E-state index in [1.807, 2.05) is 12.1 Å². The van der Waals surface area contributed by atoms with Gasteiger partial charge in [-0.3, -0.25) is 0 Å². The van der Waals surface area contributed by atoms with E-state index in [1.54, 1.807) is 0 Å². The summed E-state index contributed by atoms with van der Waals surface area (Å²) in [5, 5.41) is 3.63. The van der Waals surface area contributed by atoms with Gasteiger partial charge in [0.15, 0.2) is 0 Å². The second-order valence-corrected chi connectivity index (χ2v) is 5.98. The van der Waals surface area contributed by atoms with Gasteiger partial charge in [-0.25, -0.2) is 0 Å². The first-order valence-electron chi connectivity index (χ1n) is 8.23. The number of rotatable bonds is 10. The summed E-state index contributed by atoms with van der Waals surface area (Å²) < 4.78 is 0. The second kappa shape index (κ2) is 9.82. The van der Waals surface area contributed by atoms with E-state index in [4.69, 9.17) is 5.73 Å². The average Bonchev–Trinajstić information content (AvgIpc) is 2.47. The zero-order valence-electron chi connectivity index (χ0n) is 13.5. The molecule has 2 nitrogen and oxygen atoms in total. The highest BCUT2D eigenvalue weighted by Gasteiger charge is 2.07. The first-order chi connectivity index (χ1) is 9.67. The molecule has 0 heterocycles. The number of benzene rings is 1. The van der Waals surface area contributed by atoms with Crippen molar-refractivity contribution < 1.29 is 0 Å². The van der Waals surface area contributed by atoms with Crippen molar-refractivity contribution in [3.63, 3.8) is 0 Å². The standard InChI is InChI=1S/C18H32N2/c1-4-6-7-16(5-2)14-20-13-12-15(3)17-8-10-18(19)11-9-17/h8-11,15-16,20H,4-7,12-14,19H2,1-3H3. The molecule has 20 heavy (non-hydrogen) atoms. The summed E-state index contributed by atoms with van der Waals surface area (Å²) >= 11 is 0. The van der Waals surface area contributed by atoms with Crippen LogP contribution in [0.2, 0.25) is 0 Å². The molecule has 1 rings (SSSR count). The Morgan fingerprint density at radius 2 is 1.80 bits per heavy atom. The number of nitrogen functional groups attached to an aromatic ring is 1. The molecule has 1 aromatic carbocycles. The number of unbranched alkanes of at least 4 members (excludes halogenated alkanes) is 1. The fourth-order valence-corrected chi connectivity index (χ4v) is 2.56. The lowest BCUT2D eigenvalue weighted by molar-refractivity contribution is 0.415. The summed E-state index contributed by atoms with van der Waals surface area (Å²) in [5.41, 5.74) is 7.96. The zero-order chi connectivity index (χ0) is 14.8. The third kappa shape index (κ3) is 6.42. The molecular formula is C18H32N2. The number of hydrogen-bond donors (Lipinski definition) is 2. The van der Waals surface area contributed by atoms with E-state index in [2.05, 4.69) is 38.2 Å². The highest BCUT2D eigenvalue weighted by molar-refractivity contribution is 5.40. The van der Waals surface area contributed by atoms with Gasteiger partial charge in [0.1, 0.15) is 0 Å². The predicted molar refractivity (Wildman–Crippen MR) is 90.1 cm³/mol. The van der Waals surface area contributed by atoms with E-state index in [9.17, 15) is 0 Å². The molecule has 0 saturated heterocycles. The molecule has 0 aromatic heterocycles. The molecule has 0 saturated carbocycles. The lowest BCUT2D eigenvalue weighted by Crippen LogP contribution is -2.24. The van der Waals surface area contributed by atoms with Gasteiger partial charge in [0, 0.05) is 5.69 Å². The van der Waals surface area contributed by atoms with Crippen molar-refractivity contribution in [2.75, 3.05) is 18.8 Å². The van der Waals surface area contributed by atoms with Gasteiger partial charge in [0.05, 0.1) is 0 Å². The minimum atomic E-state index is 0.596. The van der Waals surface area contributed by atoms with Crippen LogP contribution in [0.3, 0.4) is 0 Å². The minimum Gasteiger partial charge on any atom is -0.399 e. The molecule has 0 fully saturated rings. The van der Waals surface area contributed by atoms with Crippen LogP contribution in [0.1, 0.15) is 64.4 Å². The lowest BCUT2D eigenvalue weighted by atomic mass is 9.97. The monoisotopic (exact) mass is 276 g/mol. The Labute approximate surface area is 125 Å². The fourth-order valence-electron chi connectivity index (χ4n) is 2.56. The van der Waals surface area contributed by atoms with Crippen LogP contribution in [-0.4, -0.2) is 13.1 Å². The van der Waals surface area contributed by atoms with Crippen LogP contribution in [0, 0.1) is 5.92 Å². The third-order valence-electron chi connectivity index (χ3n) is 4.24. The molecule has 3 N–H and O–H groups in total. The maximum absolute atomic E-state index is 5.72. The quantitative estimate of drug-likeness (QED) is 0.485. The largest absolute Gasteiger partial charge is 0.399 e. The van der Waals surface area contributed by atoms with Crippen molar-refractivity contribution in [2.45, 2.75) is 58.8 Å². The zero-order valence-corrected chi connectivity index (χ0v) is 13.5. The normalized spacial score (nSPS) is 14.2. The summed E-state index contributed by atoms with van der Waals surface area (Å²) in [5.74, 6) is 1.44. The van der Waals surface area contributed by atoms with Gasteiger partial charge in [-0.15, -0.1) is 0 Å². The molecule has 0 aliphatic heterocycles. The van der Waals surface area contributed by atoms with Gasteiger partial charge < -0.3 is 11.1 Å². The summed E-state index contributed by atoms with van der Waals surface area (Å²) in [4.78, 5) is 0. The van der Waals surface area contributed by atoms with E-state index < -0.39 is 0 Å². The molecule has 114 valence electrons. The summed E-state index contributed by atoms with van der Waals surface area (Å²) in [6.07, 6.45) is 6.52. The van der Waals surface area contributed by atoms with Crippen molar-refractivity contribution in [2.24, 2.45) is 5.92 Å². The number of nitrogens with two attached hydrogens (primary N) is 1. The molecule has 0 bridgehead atoms. The third-order valence-corrected chi connectivity index (χ3v) is 4.24. The maximum atomic E-state index is 5.72. The first-order valence-corrected chi connectivity index (χ1v) is 8.23. The fraction of sp³-hybridized carbons (Fsp3) is 0.667. The molecule has 0 spiro atoms. The van der Waals surface area contributed by atoms with Gasteiger partial charge >= 0.3 is 0 Å². The smallest absolute Gasteiger partial charge is 0.0314 e. The van der Waals surface area contributed by atoms with E-state index in [0.29, 0.717) is 5.92 Å². The van der Waals surface area contributed by atoms with Crippen LogP contribution in [0.5, 0.6) is 0 Å². The molecule has 0 amide bonds. The van der Waals surface area contributed by atoms with Crippen LogP contribution in [0.25, 0.3) is 0 Å². The molecule has 0 aliphatic carbocycles. The highest BCUT2D eigenvalue weighted by Crippen LogP contribution is 2.19. The summed E-state index contributed by atoms with van der Waals surface area (Å²) in [6.45, 7) is 9.15. The van der Waals surface area contributed by atoms with Crippen LogP contribution in [-0.2, 0) is 0 Å². The van der Waals surface area contributed by atoms with Crippen LogP contribution < -0.4 is 11.1 Å². The molecular weight excluding hydrogens is 244 g/mol. The lowest BCUT2D eigenvalue weighted by Gasteiger charge is -2.17. The van der Waals surface area contributed by atoms with Gasteiger partial charge in [-0.05, 0) is 55.5 Å². The second-order valence-electron chi connectivity index (χ2n) is 5.98. The number of nitrogens with one attached hydrogen (secondary N) is 1. The Kier molecular flexibility index (Phi) is 8.36. The number of hydrogen-bond acceptors (Lipinski definition) is 2. The first kappa shape index (κ1) is 17.0. The summed E-state index contributed by atoms with van der Waals surface area (Å²) in [7, 11) is 0. The van der Waals surface area contributed by atoms with E-state index in [0.717, 1.165) is 18.2 Å². The number of anilines is 1. The predicted octanol–water partition coefficient (Wildman–Crippen LogP) is 4.57. The Hall–Kier alpha value is -1.02. The Bertz CT molecular complexity index is 345. The van der Waals surface area contributed by atoms with Crippen molar-refractivity contribution in [1.29, 1.82) is 0 Å². The van der Waals surface area contributed by atoms with E-state index in [1.165, 1.54) is 44.2 Å². The molecule has 2 atom stereocenters. The van der Waals surface area contributed by atoms with Gasteiger partial charge in [0.25, 0.3) is 0 Å². The van der Waals surface area contributed by atoms with Crippen molar-refractivity contribution in [3.05, 3.63) is 29.8 Å². The topological polar surface area (TPSA) is 38.0 Å². The van der Waals surface area contributed by atoms with E-state index >= 15 is 0 Å². The Balaban J connectivity index is 2.21. The van der Waals surface area contributed by atoms with E-state index in [-0.39, 0.29) is 0 Å². The van der Waals surface area contributed by atoms with Gasteiger partial charge in [-0.2, -0.15) is 0 Å². The average molecular weight is 276 g/mol. The van der Waals surface area contributed by atoms with Crippen molar-refractivity contribution >= 4 is 5.69 Å². The Morgan fingerprint density at radius 3 is 2.40 bits per heavy atom. The van der Waals surface area contributed by atoms with Gasteiger partial charge in [-0.1, -0.05) is 52.2 Å². The van der Waals surface area contributed by atoms with Crippen molar-refractivity contribution in [3.8, 4) is 0 Å². The van der Waals surface area contributed by atoms with Crippen LogP contribution in [0.4, 0.5) is 5.69 Å². The summed E-state index contributed by atoms with van der Waals surface area (Å²) in [6, 6.07) is 8.29. The van der Waals surface area contributed by atoms with Crippen LogP contribution >= 0.6 is 0 Å².